The van der Waals surface area contributed by atoms with Crippen LogP contribution in [0.5, 0.6) is 0 Å². The van der Waals surface area contributed by atoms with Crippen molar-refractivity contribution in [1.82, 2.24) is 5.32 Å². The number of nitrogens with one attached hydrogen (secondary N) is 2. The highest BCUT2D eigenvalue weighted by molar-refractivity contribution is 6.30. The number of esters is 1. The molecule has 0 aromatic heterocycles. The molecule has 0 spiro atoms. The Balaban J connectivity index is 2.55. The minimum atomic E-state index is -1.10. The first-order chi connectivity index (χ1) is 8.56. The number of anilines is 1. The molecule has 1 aromatic rings. The van der Waals surface area contributed by atoms with Crippen LogP contribution in [0.3, 0.4) is 0 Å². The lowest BCUT2D eigenvalue weighted by Gasteiger charge is -2.14. The summed E-state index contributed by atoms with van der Waals surface area (Å²) in [6.45, 7) is -0.541. The minimum absolute atomic E-state index is 0.512. The first-order valence-corrected chi connectivity index (χ1v) is 5.46. The Hall–Kier alpha value is -1.79. The van der Waals surface area contributed by atoms with Crippen molar-refractivity contribution >= 4 is 29.3 Å². The van der Waals surface area contributed by atoms with E-state index in [9.17, 15) is 9.59 Å². The number of aliphatic hydroxyl groups excluding tert-OH is 1. The monoisotopic (exact) mass is 272 g/mol. The van der Waals surface area contributed by atoms with Crippen LogP contribution >= 0.6 is 11.6 Å². The fourth-order valence-electron chi connectivity index (χ4n) is 1.18. The molecular formula is C11H13ClN2O4. The van der Waals surface area contributed by atoms with Crippen molar-refractivity contribution in [2.75, 3.05) is 19.0 Å². The number of hydrogen-bond acceptors (Lipinski definition) is 4. The molecule has 0 saturated heterocycles. The van der Waals surface area contributed by atoms with E-state index < -0.39 is 24.6 Å². The van der Waals surface area contributed by atoms with Gasteiger partial charge < -0.3 is 20.5 Å². The molecule has 0 heterocycles. The molecule has 0 fully saturated rings. The molecule has 0 aliphatic rings. The summed E-state index contributed by atoms with van der Waals surface area (Å²) in [5, 5.41) is 14.2. The molecule has 0 aliphatic carbocycles. The van der Waals surface area contributed by atoms with Crippen LogP contribution in [0.1, 0.15) is 0 Å². The van der Waals surface area contributed by atoms with Crippen molar-refractivity contribution in [1.29, 1.82) is 0 Å². The quantitative estimate of drug-likeness (QED) is 0.714. The molecule has 1 unspecified atom stereocenters. The van der Waals surface area contributed by atoms with Gasteiger partial charge in [-0.15, -0.1) is 0 Å². The van der Waals surface area contributed by atoms with Gasteiger partial charge in [-0.05, 0) is 24.3 Å². The maximum absolute atomic E-state index is 11.5. The minimum Gasteiger partial charge on any atom is -0.467 e. The van der Waals surface area contributed by atoms with Gasteiger partial charge in [0.1, 0.15) is 0 Å². The Morgan fingerprint density at radius 2 is 2.00 bits per heavy atom. The summed E-state index contributed by atoms with van der Waals surface area (Å²) < 4.78 is 4.41. The van der Waals surface area contributed by atoms with Gasteiger partial charge in [-0.25, -0.2) is 9.59 Å². The SMILES string of the molecule is COC(=O)C(CO)NC(=O)Nc1ccc(Cl)cc1. The van der Waals surface area contributed by atoms with Crippen LogP contribution in [0.4, 0.5) is 10.5 Å². The average molecular weight is 273 g/mol. The summed E-state index contributed by atoms with van der Waals surface area (Å²) in [6.07, 6.45) is 0. The van der Waals surface area contributed by atoms with Crippen molar-refractivity contribution in [2.45, 2.75) is 6.04 Å². The normalized spacial score (nSPS) is 11.5. The predicted molar refractivity (Wildman–Crippen MR) is 66.5 cm³/mol. The molecule has 1 rings (SSSR count). The Morgan fingerprint density at radius 1 is 1.39 bits per heavy atom. The zero-order valence-corrected chi connectivity index (χ0v) is 10.4. The Morgan fingerprint density at radius 3 is 2.50 bits per heavy atom. The number of carbonyl (C=O) groups is 2. The van der Waals surface area contributed by atoms with Crippen LogP contribution in [-0.4, -0.2) is 36.9 Å². The van der Waals surface area contributed by atoms with Gasteiger partial charge in [0.05, 0.1) is 13.7 Å². The van der Waals surface area contributed by atoms with Crippen molar-refractivity contribution in [3.05, 3.63) is 29.3 Å². The van der Waals surface area contributed by atoms with Crippen LogP contribution in [0.25, 0.3) is 0 Å². The Bertz CT molecular complexity index is 422. The van der Waals surface area contributed by atoms with Crippen molar-refractivity contribution in [3.8, 4) is 0 Å². The molecule has 6 nitrogen and oxygen atoms in total. The highest BCUT2D eigenvalue weighted by atomic mass is 35.5. The Labute approximate surface area is 109 Å². The van der Waals surface area contributed by atoms with Crippen LogP contribution < -0.4 is 10.6 Å². The average Bonchev–Trinajstić information content (AvgIpc) is 2.37. The molecule has 0 saturated carbocycles. The number of ether oxygens (including phenoxy) is 1. The molecule has 7 heteroatoms. The van der Waals surface area contributed by atoms with Gasteiger partial charge >= 0.3 is 12.0 Å². The summed E-state index contributed by atoms with van der Waals surface area (Å²) in [7, 11) is 1.17. The topological polar surface area (TPSA) is 87.7 Å². The number of benzene rings is 1. The number of halogens is 1. The van der Waals surface area contributed by atoms with Gasteiger partial charge in [0.25, 0.3) is 0 Å². The molecule has 98 valence electrons. The Kier molecular flexibility index (Phi) is 5.41. The van der Waals surface area contributed by atoms with Crippen LogP contribution in [0.15, 0.2) is 24.3 Å². The second-order valence-corrected chi connectivity index (χ2v) is 3.80. The molecule has 0 aliphatic heterocycles. The van der Waals surface area contributed by atoms with Crippen molar-refractivity contribution in [2.24, 2.45) is 0 Å². The summed E-state index contributed by atoms with van der Waals surface area (Å²) in [6, 6.07) is 4.72. The third-order valence-corrected chi connectivity index (χ3v) is 2.33. The highest BCUT2D eigenvalue weighted by Gasteiger charge is 2.20. The van der Waals surface area contributed by atoms with E-state index in [2.05, 4.69) is 15.4 Å². The maximum atomic E-state index is 11.5. The van der Waals surface area contributed by atoms with Gasteiger partial charge in [0.15, 0.2) is 6.04 Å². The second-order valence-electron chi connectivity index (χ2n) is 3.36. The molecule has 1 atom stereocenters. The number of aliphatic hydroxyl groups is 1. The van der Waals surface area contributed by atoms with Gasteiger partial charge in [-0.3, -0.25) is 0 Å². The van der Waals surface area contributed by atoms with Gasteiger partial charge in [0, 0.05) is 10.7 Å². The van der Waals surface area contributed by atoms with E-state index in [0.29, 0.717) is 10.7 Å². The summed E-state index contributed by atoms with van der Waals surface area (Å²) in [5.41, 5.74) is 0.512. The molecule has 1 aromatic carbocycles. The summed E-state index contributed by atoms with van der Waals surface area (Å²) in [5.74, 6) is -0.719. The third-order valence-electron chi connectivity index (χ3n) is 2.08. The number of hydrogen-bond donors (Lipinski definition) is 3. The van der Waals surface area contributed by atoms with E-state index >= 15 is 0 Å². The second kappa shape index (κ2) is 6.83. The van der Waals surface area contributed by atoms with Gasteiger partial charge in [0.2, 0.25) is 0 Å². The van der Waals surface area contributed by atoms with Crippen LogP contribution in [0, 0.1) is 0 Å². The van der Waals surface area contributed by atoms with E-state index in [-0.39, 0.29) is 0 Å². The zero-order chi connectivity index (χ0) is 13.5. The first-order valence-electron chi connectivity index (χ1n) is 5.08. The standard InChI is InChI=1S/C11H13ClN2O4/c1-18-10(16)9(6-15)14-11(17)13-8-4-2-7(12)3-5-8/h2-5,9,15H,6H2,1H3,(H2,13,14,17). The van der Waals surface area contributed by atoms with Gasteiger partial charge in [-0.1, -0.05) is 11.6 Å². The molecule has 3 N–H and O–H groups in total. The van der Waals surface area contributed by atoms with E-state index in [1.54, 1.807) is 24.3 Å². The lowest BCUT2D eigenvalue weighted by molar-refractivity contribution is -0.143. The third kappa shape index (κ3) is 4.23. The molecule has 0 radical (unpaired) electrons. The smallest absolute Gasteiger partial charge is 0.330 e. The number of urea groups is 1. The fourth-order valence-corrected chi connectivity index (χ4v) is 1.31. The van der Waals surface area contributed by atoms with E-state index in [1.807, 2.05) is 0 Å². The maximum Gasteiger partial charge on any atom is 0.330 e. The summed E-state index contributed by atoms with van der Waals surface area (Å²) in [4.78, 5) is 22.6. The number of methoxy groups -OCH3 is 1. The van der Waals surface area contributed by atoms with Crippen molar-refractivity contribution < 1.29 is 19.4 Å². The van der Waals surface area contributed by atoms with Crippen LogP contribution in [0.2, 0.25) is 5.02 Å². The number of carbonyl (C=O) groups excluding carboxylic acids is 2. The molecular weight excluding hydrogens is 260 g/mol. The number of rotatable bonds is 4. The first kappa shape index (κ1) is 14.3. The van der Waals surface area contributed by atoms with Crippen molar-refractivity contribution in [3.63, 3.8) is 0 Å². The van der Waals surface area contributed by atoms with E-state index in [0.717, 1.165) is 0 Å². The molecule has 0 bridgehead atoms. The lowest BCUT2D eigenvalue weighted by Crippen LogP contribution is -2.45. The number of amides is 2. The molecule has 2 amide bonds. The predicted octanol–water partition coefficient (Wildman–Crippen LogP) is 0.995. The van der Waals surface area contributed by atoms with Crippen LogP contribution in [-0.2, 0) is 9.53 Å². The van der Waals surface area contributed by atoms with E-state index in [1.165, 1.54) is 7.11 Å². The largest absolute Gasteiger partial charge is 0.467 e. The highest BCUT2D eigenvalue weighted by Crippen LogP contribution is 2.13. The zero-order valence-electron chi connectivity index (χ0n) is 9.64. The van der Waals surface area contributed by atoms with Gasteiger partial charge in [-0.2, -0.15) is 0 Å². The van der Waals surface area contributed by atoms with E-state index in [4.69, 9.17) is 16.7 Å². The fraction of sp³-hybridized carbons (Fsp3) is 0.273. The molecule has 18 heavy (non-hydrogen) atoms. The summed E-state index contributed by atoms with van der Waals surface area (Å²) >= 11 is 5.69. The lowest BCUT2D eigenvalue weighted by atomic mass is 10.3.